The van der Waals surface area contributed by atoms with E-state index < -0.39 is 15.8 Å². The molecule has 0 spiro atoms. The van der Waals surface area contributed by atoms with Crippen molar-refractivity contribution in [1.29, 1.82) is 0 Å². The molecule has 266 valence electrons. The van der Waals surface area contributed by atoms with Gasteiger partial charge in [-0.25, -0.2) is 0 Å². The van der Waals surface area contributed by atoms with Crippen molar-refractivity contribution < 1.29 is 9.47 Å². The molecule has 0 saturated carbocycles. The van der Waals surface area contributed by atoms with Gasteiger partial charge < -0.3 is 9.47 Å². The van der Waals surface area contributed by atoms with Crippen LogP contribution < -0.4 is 41.3 Å². The summed E-state index contributed by atoms with van der Waals surface area (Å²) in [5.74, 6) is 1.89. The van der Waals surface area contributed by atoms with Gasteiger partial charge in [-0.15, -0.1) is 0 Å². The Labute approximate surface area is 321 Å². The van der Waals surface area contributed by atoms with Crippen molar-refractivity contribution >= 4 is 69.2 Å². The molecule has 0 aliphatic carbocycles. The highest BCUT2D eigenvalue weighted by Crippen LogP contribution is 2.46. The Morgan fingerprint density at radius 1 is 0.352 bits per heavy atom. The van der Waals surface area contributed by atoms with Crippen LogP contribution in [-0.4, -0.2) is 14.2 Å². The molecule has 0 atom stereocenters. The van der Waals surface area contributed by atoms with Gasteiger partial charge in [-0.3, -0.25) is 0 Å². The summed E-state index contributed by atoms with van der Waals surface area (Å²) in [6.45, 7) is 8.68. The zero-order valence-electron chi connectivity index (χ0n) is 31.7. The predicted molar refractivity (Wildman–Crippen MR) is 236 cm³/mol. The molecule has 8 aromatic carbocycles. The fraction of sp³-hybridized carbons (Fsp3) is 0.120. The van der Waals surface area contributed by atoms with Gasteiger partial charge in [-0.05, 0) is 155 Å². The number of methoxy groups -OCH3 is 2. The third kappa shape index (κ3) is 6.49. The van der Waals surface area contributed by atoms with Crippen molar-refractivity contribution in [3.05, 3.63) is 180 Å². The molecular weight excluding hydrogens is 694 g/mol. The van der Waals surface area contributed by atoms with Crippen LogP contribution in [0.1, 0.15) is 22.3 Å². The second kappa shape index (κ2) is 15.2. The molecule has 0 aromatic heterocycles. The third-order valence-electron chi connectivity index (χ3n) is 10.4. The van der Waals surface area contributed by atoms with Gasteiger partial charge >= 0.3 is 0 Å². The Balaban J connectivity index is 1.54. The van der Waals surface area contributed by atoms with E-state index in [0.29, 0.717) is 0 Å². The van der Waals surface area contributed by atoms with Gasteiger partial charge in [0.25, 0.3) is 0 Å². The highest BCUT2D eigenvalue weighted by Gasteiger charge is 2.29. The fourth-order valence-electron chi connectivity index (χ4n) is 8.18. The molecule has 0 amide bonds. The lowest BCUT2D eigenvalue weighted by atomic mass is 9.93. The number of hydrogen-bond donors (Lipinski definition) is 0. The van der Waals surface area contributed by atoms with E-state index in [-0.39, 0.29) is 0 Å². The van der Waals surface area contributed by atoms with Crippen molar-refractivity contribution in [2.45, 2.75) is 27.7 Å². The van der Waals surface area contributed by atoms with E-state index in [4.69, 9.17) is 9.47 Å². The third-order valence-corrected chi connectivity index (χ3v) is 15.3. The van der Waals surface area contributed by atoms with E-state index in [1.807, 2.05) is 0 Å². The molecule has 0 aliphatic heterocycles. The van der Waals surface area contributed by atoms with Crippen LogP contribution in [0.3, 0.4) is 0 Å². The van der Waals surface area contributed by atoms with E-state index in [2.05, 4.69) is 185 Å². The van der Waals surface area contributed by atoms with Crippen LogP contribution >= 0.6 is 15.8 Å². The summed E-state index contributed by atoms with van der Waals surface area (Å²) in [6, 6.07) is 59.0. The molecule has 0 fully saturated rings. The van der Waals surface area contributed by atoms with Gasteiger partial charge in [0.15, 0.2) is 0 Å². The Bertz CT molecular complexity index is 2490. The van der Waals surface area contributed by atoms with Gasteiger partial charge in [0.2, 0.25) is 0 Å². The maximum absolute atomic E-state index is 5.91. The number of rotatable bonds is 9. The van der Waals surface area contributed by atoms with E-state index in [1.54, 1.807) is 14.2 Å². The lowest BCUT2D eigenvalue weighted by Crippen LogP contribution is -2.27. The predicted octanol–water partition coefficient (Wildman–Crippen LogP) is 10.4. The zero-order valence-corrected chi connectivity index (χ0v) is 33.5. The van der Waals surface area contributed by atoms with Gasteiger partial charge in [0.05, 0.1) is 14.2 Å². The quantitative estimate of drug-likeness (QED) is 0.137. The largest absolute Gasteiger partial charge is 0.496 e. The first-order chi connectivity index (χ1) is 26.4. The molecule has 0 unspecified atom stereocenters. The summed E-state index contributed by atoms with van der Waals surface area (Å²) in [5.41, 5.74) is 7.20. The highest BCUT2D eigenvalue weighted by molar-refractivity contribution is 7.80. The van der Waals surface area contributed by atoms with Crippen molar-refractivity contribution in [2.24, 2.45) is 0 Å². The van der Waals surface area contributed by atoms with E-state index in [0.717, 1.165) is 33.8 Å². The van der Waals surface area contributed by atoms with Gasteiger partial charge in [0, 0.05) is 0 Å². The van der Waals surface area contributed by atoms with E-state index in [9.17, 15) is 0 Å². The minimum atomic E-state index is -1.06. The summed E-state index contributed by atoms with van der Waals surface area (Å²) in [6.07, 6.45) is 0. The molecule has 8 aromatic rings. The number of hydrogen-bond acceptors (Lipinski definition) is 2. The highest BCUT2D eigenvalue weighted by atomic mass is 31.1. The first-order valence-corrected chi connectivity index (χ1v) is 21.1. The lowest BCUT2D eigenvalue weighted by molar-refractivity contribution is 0.408. The molecule has 2 nitrogen and oxygen atoms in total. The average Bonchev–Trinajstić information content (AvgIpc) is 3.19. The summed E-state index contributed by atoms with van der Waals surface area (Å²) >= 11 is 0. The van der Waals surface area contributed by atoms with Gasteiger partial charge in [-0.2, -0.15) is 0 Å². The molecule has 0 bridgehead atoms. The van der Waals surface area contributed by atoms with E-state index in [1.165, 1.54) is 64.5 Å². The molecule has 4 heteroatoms. The molecule has 0 heterocycles. The minimum Gasteiger partial charge on any atom is -0.496 e. The molecule has 54 heavy (non-hydrogen) atoms. The normalized spacial score (nSPS) is 11.5. The van der Waals surface area contributed by atoms with Crippen molar-refractivity contribution in [1.82, 2.24) is 0 Å². The number of ether oxygens (including phenoxy) is 2. The standard InChI is InChI=1S/C50H44O2P2/c1-33-29-41(30-34(2)49(33)51-5)54(42-31-35(3)50(52-6)36(4)32-42)46-28-26-38-18-14-16-24-44(38)48(46)47-43-23-15-13-17-37(43)25-27-45(47)53(39-19-9-7-10-20-39)40-21-11-8-12-22-40/h7-32H,1-6H3. The summed E-state index contributed by atoms with van der Waals surface area (Å²) < 4.78 is 11.8. The number of fused-ring (bicyclic) bond motifs is 2. The molecule has 0 radical (unpaired) electrons. The van der Waals surface area contributed by atoms with Crippen LogP contribution in [0.4, 0.5) is 0 Å². The molecule has 0 saturated heterocycles. The number of aryl methyl sites for hydroxylation is 4. The van der Waals surface area contributed by atoms with E-state index >= 15 is 0 Å². The maximum atomic E-state index is 5.91. The number of benzene rings is 8. The molecular formula is C50H44O2P2. The first-order valence-electron chi connectivity index (χ1n) is 18.4. The average molecular weight is 739 g/mol. The van der Waals surface area contributed by atoms with Crippen LogP contribution in [0.5, 0.6) is 11.5 Å². The molecule has 0 aliphatic rings. The molecule has 0 N–H and O–H groups in total. The maximum Gasteiger partial charge on any atom is 0.124 e. The summed E-state index contributed by atoms with van der Waals surface area (Å²) in [7, 11) is 1.56. The Morgan fingerprint density at radius 3 is 1.06 bits per heavy atom. The summed E-state index contributed by atoms with van der Waals surface area (Å²) in [5, 5.41) is 13.0. The van der Waals surface area contributed by atoms with Crippen LogP contribution in [0.15, 0.2) is 158 Å². The van der Waals surface area contributed by atoms with Crippen LogP contribution in [-0.2, 0) is 0 Å². The lowest BCUT2D eigenvalue weighted by Gasteiger charge is -2.29. The van der Waals surface area contributed by atoms with Gasteiger partial charge in [-0.1, -0.05) is 133 Å². The van der Waals surface area contributed by atoms with Crippen molar-refractivity contribution in [3.63, 3.8) is 0 Å². The second-order valence-corrected chi connectivity index (χ2v) is 18.3. The summed E-state index contributed by atoms with van der Waals surface area (Å²) in [4.78, 5) is 0. The zero-order chi connectivity index (χ0) is 37.3. The van der Waals surface area contributed by atoms with Crippen LogP contribution in [0.2, 0.25) is 0 Å². The Morgan fingerprint density at radius 2 is 0.685 bits per heavy atom. The monoisotopic (exact) mass is 738 g/mol. The van der Waals surface area contributed by atoms with Crippen LogP contribution in [0, 0.1) is 27.7 Å². The topological polar surface area (TPSA) is 18.5 Å². The SMILES string of the molecule is COc1c(C)cc(P(c2cc(C)c(OC)c(C)c2)c2ccc3ccccc3c2-c2c(P(c3ccccc3)c3ccccc3)ccc3ccccc23)cc1C. The van der Waals surface area contributed by atoms with Crippen molar-refractivity contribution in [3.8, 4) is 22.6 Å². The first kappa shape index (κ1) is 35.8. The Kier molecular flexibility index (Phi) is 10.1. The Hall–Kier alpha value is -5.26. The fourth-order valence-corrected chi connectivity index (χ4v) is 13.5. The smallest absolute Gasteiger partial charge is 0.124 e. The van der Waals surface area contributed by atoms with Crippen LogP contribution in [0.25, 0.3) is 32.7 Å². The van der Waals surface area contributed by atoms with Gasteiger partial charge in [0.1, 0.15) is 11.5 Å². The van der Waals surface area contributed by atoms with Crippen molar-refractivity contribution in [2.75, 3.05) is 14.2 Å². The second-order valence-electron chi connectivity index (χ2n) is 13.9. The molecule has 8 rings (SSSR count). The minimum absolute atomic E-state index is 0.919.